The smallest absolute Gasteiger partial charge is 0.336 e. The predicted octanol–water partition coefficient (Wildman–Crippen LogP) is 3.00. The van der Waals surface area contributed by atoms with Gasteiger partial charge in [-0.3, -0.25) is 0 Å². The molecule has 1 atom stereocenters. The molecule has 22 heavy (non-hydrogen) atoms. The molecule has 1 aliphatic heterocycles. The third-order valence-electron chi connectivity index (χ3n) is 3.82. The molecule has 2 heterocycles. The molecule has 5 heteroatoms. The molecule has 0 spiro atoms. The second kappa shape index (κ2) is 5.18. The fourth-order valence-corrected chi connectivity index (χ4v) is 2.41. The van der Waals surface area contributed by atoms with Crippen molar-refractivity contribution in [1.82, 2.24) is 0 Å². The van der Waals surface area contributed by atoms with E-state index < -0.39 is 5.63 Å². The molecule has 0 saturated carbocycles. The Hall–Kier alpha value is -2.27. The molecule has 0 radical (unpaired) electrons. The Bertz CT molecular complexity index is 787. The summed E-state index contributed by atoms with van der Waals surface area (Å²) in [6.45, 7) is 8.14. The first-order valence-electron chi connectivity index (χ1n) is 7.04. The predicted molar refractivity (Wildman–Crippen MR) is 83.6 cm³/mol. The standard InChI is InChI=1S/C17H18O5/c1-5-10-8-11-6-7-13(18)21-15(11)16(14(10)19-4)20-9-12-17(2,3)22-12/h5-8,12H,1,9H2,2-4H3. The molecule has 1 saturated heterocycles. The zero-order valence-corrected chi connectivity index (χ0v) is 12.8. The van der Waals surface area contributed by atoms with Crippen LogP contribution in [0.5, 0.6) is 11.5 Å². The van der Waals surface area contributed by atoms with Gasteiger partial charge in [0.1, 0.15) is 12.7 Å². The molecule has 3 rings (SSSR count). The van der Waals surface area contributed by atoms with Gasteiger partial charge in [0.15, 0.2) is 11.3 Å². The van der Waals surface area contributed by atoms with Crippen LogP contribution in [0.1, 0.15) is 19.4 Å². The van der Waals surface area contributed by atoms with E-state index in [1.165, 1.54) is 6.07 Å². The average Bonchev–Trinajstić information content (AvgIpc) is 3.11. The minimum absolute atomic E-state index is 0.00933. The number of rotatable bonds is 5. The third kappa shape index (κ3) is 2.48. The summed E-state index contributed by atoms with van der Waals surface area (Å²) in [4.78, 5) is 11.5. The van der Waals surface area contributed by atoms with Gasteiger partial charge in [0, 0.05) is 17.0 Å². The second-order valence-electron chi connectivity index (χ2n) is 5.73. The van der Waals surface area contributed by atoms with Gasteiger partial charge in [-0.05, 0) is 26.0 Å². The van der Waals surface area contributed by atoms with Crippen molar-refractivity contribution in [3.8, 4) is 11.5 Å². The highest BCUT2D eigenvalue weighted by Crippen LogP contribution is 2.41. The van der Waals surface area contributed by atoms with Gasteiger partial charge >= 0.3 is 5.63 Å². The summed E-state index contributed by atoms with van der Waals surface area (Å²) in [5.41, 5.74) is 0.525. The van der Waals surface area contributed by atoms with Gasteiger partial charge in [-0.1, -0.05) is 12.7 Å². The molecule has 0 amide bonds. The van der Waals surface area contributed by atoms with E-state index in [1.807, 2.05) is 19.9 Å². The summed E-state index contributed by atoms with van der Waals surface area (Å²) >= 11 is 0. The Labute approximate surface area is 128 Å². The lowest BCUT2D eigenvalue weighted by molar-refractivity contribution is 0.245. The Balaban J connectivity index is 2.08. The first-order chi connectivity index (χ1) is 10.5. The number of fused-ring (bicyclic) bond motifs is 1. The molecule has 2 aromatic rings. The number of methoxy groups -OCH3 is 1. The average molecular weight is 302 g/mol. The van der Waals surface area contributed by atoms with E-state index in [4.69, 9.17) is 18.6 Å². The number of hydrogen-bond donors (Lipinski definition) is 0. The van der Waals surface area contributed by atoms with Crippen LogP contribution in [0.15, 0.2) is 34.0 Å². The van der Waals surface area contributed by atoms with Crippen molar-refractivity contribution in [3.05, 3.63) is 40.8 Å². The summed E-state index contributed by atoms with van der Waals surface area (Å²) in [7, 11) is 1.54. The lowest BCUT2D eigenvalue weighted by Crippen LogP contribution is -2.13. The molecular weight excluding hydrogens is 284 g/mol. The molecule has 1 aromatic heterocycles. The first kappa shape index (κ1) is 14.7. The van der Waals surface area contributed by atoms with Gasteiger partial charge in [-0.2, -0.15) is 0 Å². The van der Waals surface area contributed by atoms with Gasteiger partial charge in [0.2, 0.25) is 5.75 Å². The van der Waals surface area contributed by atoms with Crippen LogP contribution in [0.4, 0.5) is 0 Å². The van der Waals surface area contributed by atoms with E-state index in [2.05, 4.69) is 6.58 Å². The number of hydrogen-bond acceptors (Lipinski definition) is 5. The van der Waals surface area contributed by atoms with E-state index in [1.54, 1.807) is 19.3 Å². The highest BCUT2D eigenvalue weighted by molar-refractivity contribution is 5.89. The van der Waals surface area contributed by atoms with Crippen molar-refractivity contribution in [2.24, 2.45) is 0 Å². The van der Waals surface area contributed by atoms with Crippen molar-refractivity contribution < 1.29 is 18.6 Å². The van der Waals surface area contributed by atoms with Crippen molar-refractivity contribution in [1.29, 1.82) is 0 Å². The van der Waals surface area contributed by atoms with Gasteiger partial charge in [0.05, 0.1) is 12.7 Å². The van der Waals surface area contributed by atoms with E-state index in [0.29, 0.717) is 23.7 Å². The molecule has 0 bridgehead atoms. The number of benzene rings is 1. The fraction of sp³-hybridized carbons (Fsp3) is 0.353. The van der Waals surface area contributed by atoms with Crippen molar-refractivity contribution >= 4 is 17.0 Å². The zero-order valence-electron chi connectivity index (χ0n) is 12.8. The maximum absolute atomic E-state index is 11.5. The fourth-order valence-electron chi connectivity index (χ4n) is 2.41. The SMILES string of the molecule is C=Cc1cc2ccc(=O)oc2c(OCC2OC2(C)C)c1OC. The Kier molecular flexibility index (Phi) is 3.45. The van der Waals surface area contributed by atoms with Crippen LogP contribution >= 0.6 is 0 Å². The summed E-state index contributed by atoms with van der Waals surface area (Å²) in [5.74, 6) is 0.897. The van der Waals surface area contributed by atoms with Crippen LogP contribution in [0.3, 0.4) is 0 Å². The van der Waals surface area contributed by atoms with Gasteiger partial charge in [-0.25, -0.2) is 4.79 Å². The quantitative estimate of drug-likeness (QED) is 0.627. The largest absolute Gasteiger partial charge is 0.492 e. The number of ether oxygens (including phenoxy) is 3. The van der Waals surface area contributed by atoms with Gasteiger partial charge in [0.25, 0.3) is 0 Å². The zero-order chi connectivity index (χ0) is 15.9. The molecular formula is C17H18O5. The molecule has 0 N–H and O–H groups in total. The molecule has 1 unspecified atom stereocenters. The highest BCUT2D eigenvalue weighted by atomic mass is 16.6. The van der Waals surface area contributed by atoms with Gasteiger partial charge < -0.3 is 18.6 Å². The van der Waals surface area contributed by atoms with Crippen LogP contribution in [-0.4, -0.2) is 25.4 Å². The monoisotopic (exact) mass is 302 g/mol. The maximum atomic E-state index is 11.5. The first-order valence-corrected chi connectivity index (χ1v) is 7.04. The Morgan fingerprint density at radius 1 is 1.36 bits per heavy atom. The molecule has 1 fully saturated rings. The lowest BCUT2D eigenvalue weighted by Gasteiger charge is -2.14. The van der Waals surface area contributed by atoms with E-state index >= 15 is 0 Å². The summed E-state index contributed by atoms with van der Waals surface area (Å²) in [6, 6.07) is 4.91. The third-order valence-corrected chi connectivity index (χ3v) is 3.82. The van der Waals surface area contributed by atoms with Crippen molar-refractivity contribution in [3.63, 3.8) is 0 Å². The Morgan fingerprint density at radius 3 is 2.68 bits per heavy atom. The summed E-state index contributed by atoms with van der Waals surface area (Å²) < 4.78 is 22.1. The summed E-state index contributed by atoms with van der Waals surface area (Å²) in [5, 5.41) is 0.751. The molecule has 5 nitrogen and oxygen atoms in total. The molecule has 0 aliphatic carbocycles. The second-order valence-corrected chi connectivity index (χ2v) is 5.73. The van der Waals surface area contributed by atoms with Crippen LogP contribution < -0.4 is 15.1 Å². The normalized spacial score (nSPS) is 19.0. The Morgan fingerprint density at radius 2 is 2.09 bits per heavy atom. The van der Waals surface area contributed by atoms with Crippen LogP contribution in [-0.2, 0) is 4.74 Å². The highest BCUT2D eigenvalue weighted by Gasteiger charge is 2.48. The molecule has 1 aliphatic rings. The van der Waals surface area contributed by atoms with Crippen molar-refractivity contribution in [2.75, 3.05) is 13.7 Å². The van der Waals surface area contributed by atoms with Gasteiger partial charge in [-0.15, -0.1) is 0 Å². The lowest BCUT2D eigenvalue weighted by atomic mass is 10.1. The number of epoxide rings is 1. The van der Waals surface area contributed by atoms with Crippen LogP contribution in [0, 0.1) is 0 Å². The topological polar surface area (TPSA) is 61.2 Å². The van der Waals surface area contributed by atoms with Crippen LogP contribution in [0.2, 0.25) is 0 Å². The molecule has 116 valence electrons. The van der Waals surface area contributed by atoms with E-state index in [9.17, 15) is 4.79 Å². The minimum atomic E-state index is -0.436. The van der Waals surface area contributed by atoms with Crippen molar-refractivity contribution in [2.45, 2.75) is 25.6 Å². The minimum Gasteiger partial charge on any atom is -0.492 e. The van der Waals surface area contributed by atoms with Crippen LogP contribution in [0.25, 0.3) is 17.0 Å². The van der Waals surface area contributed by atoms with E-state index in [0.717, 1.165) is 10.9 Å². The molecule has 1 aromatic carbocycles. The van der Waals surface area contributed by atoms with E-state index in [-0.39, 0.29) is 11.7 Å². The summed E-state index contributed by atoms with van der Waals surface area (Å²) in [6.07, 6.45) is 1.68. The maximum Gasteiger partial charge on any atom is 0.336 e.